The smallest absolute Gasteiger partial charge is 0.246 e. The second-order valence-electron chi connectivity index (χ2n) is 7.76. The zero-order valence-corrected chi connectivity index (χ0v) is 17.8. The van der Waals surface area contributed by atoms with Gasteiger partial charge < -0.3 is 10.2 Å². The van der Waals surface area contributed by atoms with Gasteiger partial charge in [-0.25, -0.2) is 15.0 Å². The number of aryl methyl sites for hydroxylation is 2. The van der Waals surface area contributed by atoms with Crippen LogP contribution in [0.25, 0.3) is 6.08 Å². The van der Waals surface area contributed by atoms with E-state index in [4.69, 9.17) is 0 Å². The number of carbonyl (C=O) groups excluding carboxylic acids is 1. The van der Waals surface area contributed by atoms with E-state index >= 15 is 0 Å². The molecule has 31 heavy (non-hydrogen) atoms. The highest BCUT2D eigenvalue weighted by Gasteiger charge is 2.25. The first-order valence-electron chi connectivity index (χ1n) is 10.5. The van der Waals surface area contributed by atoms with Crippen LogP contribution in [0.5, 0.6) is 0 Å². The number of piperidine rings is 1. The van der Waals surface area contributed by atoms with Crippen LogP contribution in [0.2, 0.25) is 0 Å². The van der Waals surface area contributed by atoms with Crippen LogP contribution in [0.15, 0.2) is 54.9 Å². The number of carbonyl (C=O) groups is 1. The predicted octanol–water partition coefficient (Wildman–Crippen LogP) is 4.05. The number of hydrogen-bond acceptors (Lipinski definition) is 6. The van der Waals surface area contributed by atoms with Gasteiger partial charge in [0.1, 0.15) is 17.5 Å². The summed E-state index contributed by atoms with van der Waals surface area (Å²) >= 11 is 0. The lowest BCUT2D eigenvalue weighted by Gasteiger charge is -2.32. The first-order valence-corrected chi connectivity index (χ1v) is 10.5. The Morgan fingerprint density at radius 3 is 2.84 bits per heavy atom. The molecule has 1 unspecified atom stereocenters. The molecule has 7 nitrogen and oxygen atoms in total. The van der Waals surface area contributed by atoms with Crippen molar-refractivity contribution in [3.63, 3.8) is 0 Å². The van der Waals surface area contributed by atoms with E-state index in [1.807, 2.05) is 61.2 Å². The summed E-state index contributed by atoms with van der Waals surface area (Å²) in [7, 11) is 0. The van der Waals surface area contributed by atoms with Crippen molar-refractivity contribution in [2.75, 3.05) is 18.4 Å². The van der Waals surface area contributed by atoms with E-state index < -0.39 is 0 Å². The summed E-state index contributed by atoms with van der Waals surface area (Å²) in [4.78, 5) is 32.4. The van der Waals surface area contributed by atoms with Gasteiger partial charge in [0.05, 0.1) is 5.69 Å². The Morgan fingerprint density at radius 1 is 1.13 bits per heavy atom. The lowest BCUT2D eigenvalue weighted by Crippen LogP contribution is -2.38. The molecule has 4 heterocycles. The van der Waals surface area contributed by atoms with Crippen LogP contribution < -0.4 is 5.32 Å². The van der Waals surface area contributed by atoms with E-state index in [-0.39, 0.29) is 11.8 Å². The number of anilines is 2. The molecule has 4 rings (SSSR count). The number of aromatic nitrogens is 4. The SMILES string of the molecule is Cc1cccc(Nc2cc(C3CCCN(C(=O)C=Cc4cccnc4)C3)nc(C)n2)n1. The van der Waals surface area contributed by atoms with Crippen molar-refractivity contribution in [1.29, 1.82) is 0 Å². The third-order valence-corrected chi connectivity index (χ3v) is 5.26. The molecule has 1 aliphatic heterocycles. The molecule has 158 valence electrons. The Balaban J connectivity index is 1.47. The van der Waals surface area contributed by atoms with Gasteiger partial charge in [-0.3, -0.25) is 9.78 Å². The summed E-state index contributed by atoms with van der Waals surface area (Å²) < 4.78 is 0. The summed E-state index contributed by atoms with van der Waals surface area (Å²) in [5.74, 6) is 2.37. The van der Waals surface area contributed by atoms with E-state index in [1.54, 1.807) is 18.5 Å². The minimum atomic E-state index is 0.0154. The minimum absolute atomic E-state index is 0.0154. The number of rotatable bonds is 5. The average molecular weight is 415 g/mol. The standard InChI is InChI=1S/C24H26N6O/c1-17-6-3-9-22(26-17)29-23-14-21(27-18(2)28-23)20-8-5-13-30(16-20)24(31)11-10-19-7-4-12-25-15-19/h3-4,6-7,9-12,14-15,20H,5,8,13,16H2,1-2H3,(H,26,27,28,29). The van der Waals surface area contributed by atoms with Gasteiger partial charge in [0.15, 0.2) is 0 Å². The van der Waals surface area contributed by atoms with Gasteiger partial charge in [-0.2, -0.15) is 0 Å². The number of amides is 1. The zero-order valence-electron chi connectivity index (χ0n) is 17.8. The minimum Gasteiger partial charge on any atom is -0.338 e. The van der Waals surface area contributed by atoms with Crippen LogP contribution in [0.1, 0.15) is 41.5 Å². The Labute approximate surface area is 182 Å². The predicted molar refractivity (Wildman–Crippen MR) is 121 cm³/mol. The van der Waals surface area contributed by atoms with Crippen LogP contribution in [-0.4, -0.2) is 43.8 Å². The van der Waals surface area contributed by atoms with E-state index in [0.717, 1.165) is 48.0 Å². The van der Waals surface area contributed by atoms with E-state index in [0.29, 0.717) is 12.4 Å². The van der Waals surface area contributed by atoms with Crippen molar-refractivity contribution in [3.8, 4) is 0 Å². The second kappa shape index (κ2) is 9.47. The lowest BCUT2D eigenvalue weighted by atomic mass is 9.94. The molecular formula is C24H26N6O. The normalized spacial score (nSPS) is 16.5. The zero-order chi connectivity index (χ0) is 21.6. The maximum absolute atomic E-state index is 12.7. The van der Waals surface area contributed by atoms with Crippen molar-refractivity contribution < 1.29 is 4.79 Å². The van der Waals surface area contributed by atoms with E-state index in [2.05, 4.69) is 25.3 Å². The highest BCUT2D eigenvalue weighted by atomic mass is 16.2. The highest BCUT2D eigenvalue weighted by Crippen LogP contribution is 2.28. The molecular weight excluding hydrogens is 388 g/mol. The summed E-state index contributed by atoms with van der Waals surface area (Å²) in [6.07, 6.45) is 8.84. The fourth-order valence-corrected chi connectivity index (χ4v) is 3.77. The lowest BCUT2D eigenvalue weighted by molar-refractivity contribution is -0.127. The molecule has 1 saturated heterocycles. The first-order chi connectivity index (χ1) is 15.1. The number of nitrogens with zero attached hydrogens (tertiary/aromatic N) is 5. The van der Waals surface area contributed by atoms with E-state index in [1.165, 1.54) is 0 Å². The molecule has 1 N–H and O–H groups in total. The molecule has 1 amide bonds. The van der Waals surface area contributed by atoms with Crippen molar-refractivity contribution in [3.05, 3.63) is 77.6 Å². The van der Waals surface area contributed by atoms with Crippen molar-refractivity contribution in [2.24, 2.45) is 0 Å². The molecule has 7 heteroatoms. The Morgan fingerprint density at radius 2 is 2.03 bits per heavy atom. The Bertz CT molecular complexity index is 1080. The second-order valence-corrected chi connectivity index (χ2v) is 7.76. The summed E-state index contributed by atoms with van der Waals surface area (Å²) in [5.41, 5.74) is 2.81. The van der Waals surface area contributed by atoms with Gasteiger partial charge in [0, 0.05) is 49.2 Å². The molecule has 0 bridgehead atoms. The Hall–Kier alpha value is -3.61. The maximum atomic E-state index is 12.7. The molecule has 0 radical (unpaired) electrons. The monoisotopic (exact) mass is 414 g/mol. The molecule has 1 aliphatic rings. The average Bonchev–Trinajstić information content (AvgIpc) is 2.78. The van der Waals surface area contributed by atoms with Crippen molar-refractivity contribution >= 4 is 23.6 Å². The van der Waals surface area contributed by atoms with Crippen LogP contribution in [0.3, 0.4) is 0 Å². The van der Waals surface area contributed by atoms with Gasteiger partial charge in [-0.15, -0.1) is 0 Å². The molecule has 0 saturated carbocycles. The van der Waals surface area contributed by atoms with Gasteiger partial charge in [-0.05, 0) is 56.5 Å². The van der Waals surface area contributed by atoms with Gasteiger partial charge in [0.25, 0.3) is 0 Å². The maximum Gasteiger partial charge on any atom is 0.246 e. The van der Waals surface area contributed by atoms with Gasteiger partial charge in [0.2, 0.25) is 5.91 Å². The summed E-state index contributed by atoms with van der Waals surface area (Å²) in [6, 6.07) is 11.6. The number of likely N-dealkylation sites (tertiary alicyclic amines) is 1. The molecule has 0 aliphatic carbocycles. The number of nitrogens with one attached hydrogen (secondary N) is 1. The molecule has 1 fully saturated rings. The van der Waals surface area contributed by atoms with Crippen LogP contribution in [-0.2, 0) is 4.79 Å². The molecule has 3 aromatic rings. The summed E-state index contributed by atoms with van der Waals surface area (Å²) in [6.45, 7) is 5.25. The van der Waals surface area contributed by atoms with Crippen LogP contribution in [0, 0.1) is 13.8 Å². The van der Waals surface area contributed by atoms with E-state index in [9.17, 15) is 4.79 Å². The topological polar surface area (TPSA) is 83.9 Å². The molecule has 3 aromatic heterocycles. The summed E-state index contributed by atoms with van der Waals surface area (Å²) in [5, 5.41) is 3.28. The molecule has 0 spiro atoms. The first kappa shape index (κ1) is 20.7. The Kier molecular flexibility index (Phi) is 6.31. The third-order valence-electron chi connectivity index (χ3n) is 5.26. The van der Waals surface area contributed by atoms with Gasteiger partial charge in [-0.1, -0.05) is 12.1 Å². The fraction of sp³-hybridized carbons (Fsp3) is 0.292. The van der Waals surface area contributed by atoms with Crippen molar-refractivity contribution in [1.82, 2.24) is 24.8 Å². The largest absolute Gasteiger partial charge is 0.338 e. The van der Waals surface area contributed by atoms with Crippen LogP contribution in [0.4, 0.5) is 11.6 Å². The molecule has 0 aromatic carbocycles. The number of hydrogen-bond donors (Lipinski definition) is 1. The quantitative estimate of drug-likeness (QED) is 0.634. The van der Waals surface area contributed by atoms with Gasteiger partial charge >= 0.3 is 0 Å². The highest BCUT2D eigenvalue weighted by molar-refractivity contribution is 5.91. The van der Waals surface area contributed by atoms with Crippen molar-refractivity contribution in [2.45, 2.75) is 32.6 Å². The molecule has 1 atom stereocenters. The fourth-order valence-electron chi connectivity index (χ4n) is 3.77. The third kappa shape index (κ3) is 5.51. The number of pyridine rings is 2. The van der Waals surface area contributed by atoms with Crippen LogP contribution >= 0.6 is 0 Å².